The first-order valence-electron chi connectivity index (χ1n) is 9.79. The van der Waals surface area contributed by atoms with Gasteiger partial charge in [-0.05, 0) is 41.3 Å². The monoisotopic (exact) mass is 409 g/mol. The third kappa shape index (κ3) is 5.02. The van der Waals surface area contributed by atoms with E-state index in [-0.39, 0.29) is 17.8 Å². The van der Waals surface area contributed by atoms with Crippen LogP contribution in [0.1, 0.15) is 16.5 Å². The van der Waals surface area contributed by atoms with Crippen molar-refractivity contribution in [1.82, 2.24) is 10.2 Å². The molecule has 2 heterocycles. The average molecular weight is 410 g/mol. The lowest BCUT2D eigenvalue weighted by Gasteiger charge is -2.36. The quantitative estimate of drug-likeness (QED) is 0.670. The lowest BCUT2D eigenvalue weighted by atomic mass is 10.1. The Bertz CT molecular complexity index is 907. The van der Waals surface area contributed by atoms with Crippen molar-refractivity contribution in [2.24, 2.45) is 0 Å². The van der Waals surface area contributed by atoms with Crippen LogP contribution in [-0.4, -0.2) is 43.5 Å². The molecule has 1 amide bonds. The Morgan fingerprint density at radius 1 is 0.966 bits per heavy atom. The van der Waals surface area contributed by atoms with Gasteiger partial charge >= 0.3 is 0 Å². The van der Waals surface area contributed by atoms with Crippen LogP contribution in [0.5, 0.6) is 0 Å². The Morgan fingerprint density at radius 2 is 1.69 bits per heavy atom. The highest BCUT2D eigenvalue weighted by atomic mass is 32.1. The molecule has 0 unspecified atom stereocenters. The van der Waals surface area contributed by atoms with E-state index in [1.807, 2.05) is 53.9 Å². The summed E-state index contributed by atoms with van der Waals surface area (Å²) in [5.74, 6) is -0.190. The molecule has 4 nitrogen and oxygen atoms in total. The van der Waals surface area contributed by atoms with Gasteiger partial charge in [0.1, 0.15) is 5.82 Å². The summed E-state index contributed by atoms with van der Waals surface area (Å²) in [4.78, 5) is 18.3. The van der Waals surface area contributed by atoms with E-state index in [4.69, 9.17) is 0 Å². The lowest BCUT2D eigenvalue weighted by Crippen LogP contribution is -2.49. The fourth-order valence-corrected chi connectivity index (χ4v) is 4.45. The SMILES string of the molecule is O=C(CN1CCN(c2ccc(F)cc2)CC1)N[C@@H](c1ccccc1)c1cccs1. The van der Waals surface area contributed by atoms with Gasteiger partial charge in [-0.2, -0.15) is 0 Å². The minimum absolute atomic E-state index is 0.0301. The topological polar surface area (TPSA) is 35.6 Å². The first-order chi connectivity index (χ1) is 14.2. The van der Waals surface area contributed by atoms with Gasteiger partial charge in [0, 0.05) is 36.7 Å². The maximum absolute atomic E-state index is 13.1. The van der Waals surface area contributed by atoms with Crippen molar-refractivity contribution in [3.63, 3.8) is 0 Å². The zero-order valence-corrected chi connectivity index (χ0v) is 16.9. The highest BCUT2D eigenvalue weighted by Crippen LogP contribution is 2.26. The van der Waals surface area contributed by atoms with E-state index in [1.54, 1.807) is 11.3 Å². The van der Waals surface area contributed by atoms with Crippen molar-refractivity contribution in [2.75, 3.05) is 37.6 Å². The summed E-state index contributed by atoms with van der Waals surface area (Å²) in [7, 11) is 0. The average Bonchev–Trinajstić information content (AvgIpc) is 3.28. The molecule has 2 aromatic carbocycles. The fraction of sp³-hybridized carbons (Fsp3) is 0.261. The molecular weight excluding hydrogens is 385 g/mol. The van der Waals surface area contributed by atoms with Crippen LogP contribution in [0.25, 0.3) is 0 Å². The summed E-state index contributed by atoms with van der Waals surface area (Å²) >= 11 is 1.65. The molecule has 1 atom stereocenters. The molecule has 1 aliphatic heterocycles. The molecule has 3 aromatic rings. The zero-order valence-electron chi connectivity index (χ0n) is 16.1. The summed E-state index contributed by atoms with van der Waals surface area (Å²) in [6.07, 6.45) is 0. The molecule has 1 N–H and O–H groups in total. The van der Waals surface area contributed by atoms with E-state index in [1.165, 1.54) is 12.1 Å². The number of halogens is 1. The number of anilines is 1. The van der Waals surface area contributed by atoms with E-state index >= 15 is 0 Å². The number of rotatable bonds is 6. The van der Waals surface area contributed by atoms with Crippen molar-refractivity contribution in [3.8, 4) is 0 Å². The van der Waals surface area contributed by atoms with Gasteiger partial charge in [0.15, 0.2) is 0 Å². The van der Waals surface area contributed by atoms with Gasteiger partial charge in [-0.1, -0.05) is 36.4 Å². The highest BCUT2D eigenvalue weighted by molar-refractivity contribution is 7.10. The number of carbonyl (C=O) groups excluding carboxylic acids is 1. The van der Waals surface area contributed by atoms with Crippen LogP contribution >= 0.6 is 11.3 Å². The van der Waals surface area contributed by atoms with Gasteiger partial charge in [-0.25, -0.2) is 4.39 Å². The minimum Gasteiger partial charge on any atom is -0.369 e. The molecule has 0 aliphatic carbocycles. The number of benzene rings is 2. The summed E-state index contributed by atoms with van der Waals surface area (Å²) in [5, 5.41) is 5.24. The van der Waals surface area contributed by atoms with E-state index < -0.39 is 0 Å². The standard InChI is InChI=1S/C23H24FN3OS/c24-19-8-10-20(11-9-19)27-14-12-26(13-15-27)17-22(28)25-23(21-7-4-16-29-21)18-5-2-1-3-6-18/h1-11,16,23H,12-15,17H2,(H,25,28)/t23-/m0/s1. The first kappa shape index (κ1) is 19.6. The van der Waals surface area contributed by atoms with E-state index in [0.717, 1.165) is 42.3 Å². The van der Waals surface area contributed by atoms with Crippen molar-refractivity contribution < 1.29 is 9.18 Å². The second kappa shape index (κ2) is 9.20. The van der Waals surface area contributed by atoms with E-state index in [2.05, 4.69) is 21.2 Å². The molecular formula is C23H24FN3OS. The molecule has 150 valence electrons. The van der Waals surface area contributed by atoms with Crippen molar-refractivity contribution in [3.05, 3.63) is 88.4 Å². The Morgan fingerprint density at radius 3 is 2.34 bits per heavy atom. The predicted molar refractivity (Wildman–Crippen MR) is 116 cm³/mol. The van der Waals surface area contributed by atoms with Gasteiger partial charge in [0.25, 0.3) is 0 Å². The minimum atomic E-state index is -0.220. The maximum Gasteiger partial charge on any atom is 0.234 e. The third-order valence-corrected chi connectivity index (χ3v) is 6.13. The molecule has 1 fully saturated rings. The van der Waals surface area contributed by atoms with E-state index in [0.29, 0.717) is 6.54 Å². The summed E-state index contributed by atoms with van der Waals surface area (Å²) < 4.78 is 13.1. The van der Waals surface area contributed by atoms with Crippen LogP contribution < -0.4 is 10.2 Å². The van der Waals surface area contributed by atoms with Crippen LogP contribution in [0.3, 0.4) is 0 Å². The molecule has 1 aliphatic rings. The highest BCUT2D eigenvalue weighted by Gasteiger charge is 2.22. The summed E-state index contributed by atoms with van der Waals surface area (Å²) in [6, 6.07) is 20.6. The number of hydrogen-bond donors (Lipinski definition) is 1. The maximum atomic E-state index is 13.1. The van der Waals surface area contributed by atoms with Crippen LogP contribution in [0.4, 0.5) is 10.1 Å². The zero-order chi connectivity index (χ0) is 20.1. The Balaban J connectivity index is 1.34. The smallest absolute Gasteiger partial charge is 0.234 e. The van der Waals surface area contributed by atoms with Gasteiger partial charge in [0.2, 0.25) is 5.91 Å². The molecule has 1 aromatic heterocycles. The van der Waals surface area contributed by atoms with Gasteiger partial charge < -0.3 is 10.2 Å². The molecule has 0 spiro atoms. The molecule has 29 heavy (non-hydrogen) atoms. The Kier molecular flexibility index (Phi) is 6.22. The van der Waals surface area contributed by atoms with Crippen molar-refractivity contribution in [2.45, 2.75) is 6.04 Å². The summed E-state index contributed by atoms with van der Waals surface area (Å²) in [5.41, 5.74) is 2.11. The number of hydrogen-bond acceptors (Lipinski definition) is 4. The second-order valence-electron chi connectivity index (χ2n) is 7.17. The molecule has 4 rings (SSSR count). The molecule has 0 radical (unpaired) electrons. The predicted octanol–water partition coefficient (Wildman–Crippen LogP) is 3.92. The third-order valence-electron chi connectivity index (χ3n) is 5.20. The van der Waals surface area contributed by atoms with Crippen LogP contribution in [0.15, 0.2) is 72.1 Å². The first-order valence-corrected chi connectivity index (χ1v) is 10.7. The van der Waals surface area contributed by atoms with Gasteiger partial charge in [0.05, 0.1) is 12.6 Å². The van der Waals surface area contributed by atoms with E-state index in [9.17, 15) is 9.18 Å². The number of thiophene rings is 1. The molecule has 0 saturated carbocycles. The molecule has 6 heteroatoms. The normalized spacial score (nSPS) is 15.8. The van der Waals surface area contributed by atoms with Crippen LogP contribution in [0.2, 0.25) is 0 Å². The number of nitrogens with zero attached hydrogens (tertiary/aromatic N) is 2. The molecule has 1 saturated heterocycles. The molecule has 0 bridgehead atoms. The number of carbonyl (C=O) groups is 1. The van der Waals surface area contributed by atoms with Gasteiger partial charge in [-0.3, -0.25) is 9.69 Å². The van der Waals surface area contributed by atoms with Gasteiger partial charge in [-0.15, -0.1) is 11.3 Å². The second-order valence-corrected chi connectivity index (χ2v) is 8.15. The van der Waals surface area contributed by atoms with Crippen molar-refractivity contribution in [1.29, 1.82) is 0 Å². The number of nitrogens with one attached hydrogen (secondary N) is 1. The number of piperazine rings is 1. The lowest BCUT2D eigenvalue weighted by molar-refractivity contribution is -0.122. The fourth-order valence-electron chi connectivity index (χ4n) is 3.65. The Labute approximate surface area is 174 Å². The Hall–Kier alpha value is -2.70. The van der Waals surface area contributed by atoms with Crippen molar-refractivity contribution >= 4 is 22.9 Å². The summed E-state index contributed by atoms with van der Waals surface area (Å²) in [6.45, 7) is 3.64. The van der Waals surface area contributed by atoms with Crippen LogP contribution in [-0.2, 0) is 4.79 Å². The largest absolute Gasteiger partial charge is 0.369 e. The van der Waals surface area contributed by atoms with Crippen LogP contribution in [0, 0.1) is 5.82 Å². The number of amides is 1.